The maximum absolute atomic E-state index is 13.2. The summed E-state index contributed by atoms with van der Waals surface area (Å²) in [7, 11) is 7.99. The van der Waals surface area contributed by atoms with Crippen LogP contribution in [0.2, 0.25) is 0 Å². The van der Waals surface area contributed by atoms with Gasteiger partial charge in [-0.25, -0.2) is 4.79 Å². The quantitative estimate of drug-likeness (QED) is 0.657. The molecule has 0 radical (unpaired) electrons. The molecule has 3 atom stereocenters. The van der Waals surface area contributed by atoms with Crippen LogP contribution in [0.4, 0.5) is 0 Å². The predicted octanol–water partition coefficient (Wildman–Crippen LogP) is 1.69. The van der Waals surface area contributed by atoms with Crippen LogP contribution in [0.1, 0.15) is 24.1 Å². The van der Waals surface area contributed by atoms with Crippen molar-refractivity contribution in [2.75, 3.05) is 35.4 Å². The molecule has 2 aromatic carbocycles. The molecule has 0 fully saturated rings. The fourth-order valence-corrected chi connectivity index (χ4v) is 4.11. The monoisotopic (exact) mass is 469 g/mol. The van der Waals surface area contributed by atoms with Gasteiger partial charge in [-0.05, 0) is 56.4 Å². The second-order valence-corrected chi connectivity index (χ2v) is 8.38. The Kier molecular flexibility index (Phi) is 7.78. The molecule has 1 aliphatic heterocycles. The molecule has 0 spiro atoms. The van der Waals surface area contributed by atoms with E-state index in [1.165, 1.54) is 7.11 Å². The summed E-state index contributed by atoms with van der Waals surface area (Å²) >= 11 is 0. The fraction of sp³-hybridized carbons (Fsp3) is 0.400. The number of ether oxygens (including phenoxy) is 3. The van der Waals surface area contributed by atoms with Crippen molar-refractivity contribution in [1.82, 2.24) is 15.5 Å². The molecule has 34 heavy (non-hydrogen) atoms. The number of hydrogen-bond acceptors (Lipinski definition) is 7. The van der Waals surface area contributed by atoms with Crippen molar-refractivity contribution in [3.05, 3.63) is 47.5 Å². The lowest BCUT2D eigenvalue weighted by atomic mass is 9.94. The van der Waals surface area contributed by atoms with E-state index < -0.39 is 30.0 Å². The normalized spacial score (nSPS) is 20.6. The van der Waals surface area contributed by atoms with Gasteiger partial charge in [0.1, 0.15) is 29.6 Å². The van der Waals surface area contributed by atoms with Crippen LogP contribution in [0.25, 0.3) is 11.1 Å². The smallest absolute Gasteiger partial charge is 0.328 e. The van der Waals surface area contributed by atoms with Crippen LogP contribution in [0, 0.1) is 0 Å². The lowest BCUT2D eigenvalue weighted by Gasteiger charge is -2.27. The van der Waals surface area contributed by atoms with Gasteiger partial charge in [-0.3, -0.25) is 14.5 Å². The first kappa shape index (κ1) is 25.0. The average Bonchev–Trinajstić information content (AvgIpc) is 2.82. The maximum atomic E-state index is 13.2. The van der Waals surface area contributed by atoms with Gasteiger partial charge in [0.05, 0.1) is 21.3 Å². The Morgan fingerprint density at radius 1 is 0.912 bits per heavy atom. The summed E-state index contributed by atoms with van der Waals surface area (Å²) in [4.78, 5) is 40.3. The van der Waals surface area contributed by atoms with Crippen molar-refractivity contribution >= 4 is 17.8 Å². The summed E-state index contributed by atoms with van der Waals surface area (Å²) in [6.45, 7) is 1.57. The Labute approximate surface area is 199 Å². The van der Waals surface area contributed by atoms with Crippen LogP contribution in [-0.4, -0.2) is 70.2 Å². The minimum atomic E-state index is -0.932. The number of nitrogens with one attached hydrogen (secondary N) is 2. The van der Waals surface area contributed by atoms with E-state index >= 15 is 0 Å². The first-order valence-corrected chi connectivity index (χ1v) is 10.9. The van der Waals surface area contributed by atoms with E-state index in [2.05, 4.69) is 10.6 Å². The van der Waals surface area contributed by atoms with Gasteiger partial charge in [-0.1, -0.05) is 12.1 Å². The molecule has 0 saturated heterocycles. The van der Waals surface area contributed by atoms with Gasteiger partial charge in [0.15, 0.2) is 0 Å². The van der Waals surface area contributed by atoms with Crippen LogP contribution < -0.4 is 20.1 Å². The largest absolute Gasteiger partial charge is 0.496 e. The lowest BCUT2D eigenvalue weighted by Crippen LogP contribution is -2.52. The van der Waals surface area contributed by atoms with Crippen molar-refractivity contribution < 1.29 is 28.6 Å². The predicted molar refractivity (Wildman–Crippen MR) is 127 cm³/mol. The van der Waals surface area contributed by atoms with Gasteiger partial charge < -0.3 is 24.8 Å². The molecule has 0 saturated carbocycles. The van der Waals surface area contributed by atoms with Crippen molar-refractivity contribution in [3.63, 3.8) is 0 Å². The van der Waals surface area contributed by atoms with E-state index in [0.29, 0.717) is 11.5 Å². The summed E-state index contributed by atoms with van der Waals surface area (Å²) in [5.41, 5.74) is 2.99. The molecule has 1 heterocycles. The zero-order valence-electron chi connectivity index (χ0n) is 20.3. The highest BCUT2D eigenvalue weighted by Crippen LogP contribution is 2.39. The highest BCUT2D eigenvalue weighted by molar-refractivity contribution is 5.92. The van der Waals surface area contributed by atoms with Crippen LogP contribution in [0.5, 0.6) is 11.5 Å². The molecular formula is C25H31N3O6. The Morgan fingerprint density at radius 2 is 1.53 bits per heavy atom. The standard InChI is InChI=1S/C25H31N3O6/c1-14-23(29)27-19(25(31)34-6)12-15-7-9-20(32-4)17(11-15)18-13-16(8-10-21(18)33-5)22(28(2)3)24(30)26-14/h7-11,13-14,19,22H,12H2,1-6H3,(H,26,30)(H,27,29)/t14-,19-,22-/m0/s1. The van der Waals surface area contributed by atoms with Crippen LogP contribution in [0.3, 0.4) is 0 Å². The van der Waals surface area contributed by atoms with Crippen molar-refractivity contribution in [2.24, 2.45) is 0 Å². The Balaban J connectivity index is 2.26. The third kappa shape index (κ3) is 5.14. The number of nitrogens with zero attached hydrogens (tertiary/aromatic N) is 1. The molecule has 2 aromatic rings. The number of likely N-dealkylation sites (N-methyl/N-ethyl adjacent to an activating group) is 1. The highest BCUT2D eigenvalue weighted by atomic mass is 16.5. The minimum Gasteiger partial charge on any atom is -0.496 e. The first-order chi connectivity index (χ1) is 16.2. The summed E-state index contributed by atoms with van der Waals surface area (Å²) in [6.07, 6.45) is 0.193. The number of carbonyl (C=O) groups is 3. The van der Waals surface area contributed by atoms with Crippen molar-refractivity contribution in [2.45, 2.75) is 31.5 Å². The van der Waals surface area contributed by atoms with Gasteiger partial charge in [0, 0.05) is 17.5 Å². The van der Waals surface area contributed by atoms with E-state index in [9.17, 15) is 14.4 Å². The number of fused-ring (bicyclic) bond motifs is 5. The topological polar surface area (TPSA) is 106 Å². The van der Waals surface area contributed by atoms with Crippen LogP contribution in [-0.2, 0) is 25.5 Å². The molecular weight excluding hydrogens is 438 g/mol. The molecule has 0 aromatic heterocycles. The first-order valence-electron chi connectivity index (χ1n) is 10.9. The van der Waals surface area contributed by atoms with Gasteiger partial charge in [-0.15, -0.1) is 0 Å². The molecule has 0 aliphatic carbocycles. The SMILES string of the molecule is COC(=O)[C@@H]1Cc2ccc(OC)c(c2)-c2cc(ccc2OC)[C@H](N(C)C)C(=O)N[C@@H](C)C(=O)N1. The number of amides is 2. The third-order valence-corrected chi connectivity index (χ3v) is 5.85. The Morgan fingerprint density at radius 3 is 2.12 bits per heavy atom. The highest BCUT2D eigenvalue weighted by Gasteiger charge is 2.30. The minimum absolute atomic E-state index is 0.193. The number of carbonyl (C=O) groups excluding carboxylic acids is 3. The van der Waals surface area contributed by atoms with E-state index in [4.69, 9.17) is 14.2 Å². The molecule has 9 nitrogen and oxygen atoms in total. The number of rotatable bonds is 4. The van der Waals surface area contributed by atoms with Crippen molar-refractivity contribution in [3.8, 4) is 22.6 Å². The summed E-state index contributed by atoms with van der Waals surface area (Å²) in [6, 6.07) is 8.58. The van der Waals surface area contributed by atoms with E-state index in [0.717, 1.165) is 22.3 Å². The van der Waals surface area contributed by atoms with E-state index in [1.807, 2.05) is 24.3 Å². The lowest BCUT2D eigenvalue weighted by molar-refractivity contribution is -0.145. The zero-order chi connectivity index (χ0) is 25.0. The summed E-state index contributed by atoms with van der Waals surface area (Å²) in [5.74, 6) is -0.208. The third-order valence-electron chi connectivity index (χ3n) is 5.85. The molecule has 2 N–H and O–H groups in total. The molecule has 0 unspecified atom stereocenters. The van der Waals surface area contributed by atoms with Gasteiger partial charge >= 0.3 is 5.97 Å². The molecule has 3 rings (SSSR count). The van der Waals surface area contributed by atoms with Crippen LogP contribution in [0.15, 0.2) is 36.4 Å². The van der Waals surface area contributed by atoms with E-state index in [1.54, 1.807) is 52.3 Å². The Bertz CT molecular complexity index is 1080. The molecule has 4 bridgehead atoms. The second-order valence-electron chi connectivity index (χ2n) is 8.38. The van der Waals surface area contributed by atoms with Gasteiger partial charge in [0.25, 0.3) is 0 Å². The molecule has 1 aliphatic rings. The fourth-order valence-electron chi connectivity index (χ4n) is 4.11. The van der Waals surface area contributed by atoms with Gasteiger partial charge in [0.2, 0.25) is 11.8 Å². The summed E-state index contributed by atoms with van der Waals surface area (Å²) < 4.78 is 16.1. The number of methoxy groups -OCH3 is 3. The number of hydrogen-bond donors (Lipinski definition) is 2. The second kappa shape index (κ2) is 10.6. The van der Waals surface area contributed by atoms with Gasteiger partial charge in [-0.2, -0.15) is 0 Å². The molecule has 2 amide bonds. The molecule has 182 valence electrons. The maximum Gasteiger partial charge on any atom is 0.328 e. The Hall–Kier alpha value is -3.59. The average molecular weight is 470 g/mol. The number of esters is 1. The summed E-state index contributed by atoms with van der Waals surface area (Å²) in [5, 5.41) is 5.46. The van der Waals surface area contributed by atoms with Crippen LogP contribution >= 0.6 is 0 Å². The van der Waals surface area contributed by atoms with Crippen molar-refractivity contribution in [1.29, 1.82) is 0 Å². The number of benzene rings is 2. The van der Waals surface area contributed by atoms with E-state index in [-0.39, 0.29) is 12.3 Å². The zero-order valence-corrected chi connectivity index (χ0v) is 20.3. The molecule has 9 heteroatoms.